The lowest BCUT2D eigenvalue weighted by Crippen LogP contribution is -2.23. The lowest BCUT2D eigenvalue weighted by molar-refractivity contribution is 0.367. The highest BCUT2D eigenvalue weighted by atomic mass is 19.2. The molecular formula is C20H13F5N4O. The molecule has 4 rings (SSSR count). The normalized spacial score (nSPS) is 11.4. The Labute approximate surface area is 166 Å². The van der Waals surface area contributed by atoms with Crippen molar-refractivity contribution in [1.82, 2.24) is 19.3 Å². The number of aryl methyl sites for hydroxylation is 2. The van der Waals surface area contributed by atoms with Crippen LogP contribution in [0.2, 0.25) is 0 Å². The number of nitrogens with zero attached hydrogens (tertiary/aromatic N) is 4. The Balaban J connectivity index is 1.83. The van der Waals surface area contributed by atoms with Crippen molar-refractivity contribution in [2.45, 2.75) is 20.4 Å². The van der Waals surface area contributed by atoms with E-state index in [1.54, 1.807) is 0 Å². The van der Waals surface area contributed by atoms with E-state index in [4.69, 9.17) is 0 Å². The van der Waals surface area contributed by atoms with Gasteiger partial charge in [-0.2, -0.15) is 5.10 Å². The van der Waals surface area contributed by atoms with Gasteiger partial charge in [0.05, 0.1) is 18.4 Å². The lowest BCUT2D eigenvalue weighted by Gasteiger charge is -2.10. The number of rotatable bonds is 3. The molecule has 2 aromatic carbocycles. The minimum Gasteiger partial charge on any atom is -0.294 e. The molecule has 0 amide bonds. The lowest BCUT2D eigenvalue weighted by atomic mass is 10.1. The van der Waals surface area contributed by atoms with Gasteiger partial charge in [0.2, 0.25) is 5.82 Å². The Morgan fingerprint density at radius 3 is 2.03 bits per heavy atom. The summed E-state index contributed by atoms with van der Waals surface area (Å²) < 4.78 is 70.2. The second kappa shape index (κ2) is 7.05. The van der Waals surface area contributed by atoms with E-state index in [-0.39, 0.29) is 11.0 Å². The molecule has 0 spiro atoms. The molecule has 0 aliphatic carbocycles. The first kappa shape index (κ1) is 19.7. The van der Waals surface area contributed by atoms with Crippen LogP contribution in [0, 0.1) is 42.9 Å². The molecule has 154 valence electrons. The van der Waals surface area contributed by atoms with Crippen LogP contribution in [0.25, 0.3) is 16.7 Å². The predicted octanol–water partition coefficient (Wildman–Crippen LogP) is 3.94. The van der Waals surface area contributed by atoms with Crippen molar-refractivity contribution < 1.29 is 22.0 Å². The summed E-state index contributed by atoms with van der Waals surface area (Å²) in [6, 6.07) is 5.63. The summed E-state index contributed by atoms with van der Waals surface area (Å²) in [5.74, 6) is -10.4. The molecule has 2 aromatic heterocycles. The molecule has 0 fully saturated rings. The van der Waals surface area contributed by atoms with Gasteiger partial charge in [0.15, 0.2) is 28.9 Å². The minimum absolute atomic E-state index is 0.0283. The van der Waals surface area contributed by atoms with Crippen molar-refractivity contribution in [1.29, 1.82) is 0 Å². The van der Waals surface area contributed by atoms with E-state index in [0.717, 1.165) is 22.0 Å². The number of aromatic nitrogens is 4. The number of hydrogen-bond donors (Lipinski definition) is 0. The van der Waals surface area contributed by atoms with Crippen molar-refractivity contribution in [3.05, 3.63) is 86.9 Å². The van der Waals surface area contributed by atoms with Gasteiger partial charge in [-0.1, -0.05) is 6.07 Å². The van der Waals surface area contributed by atoms with Gasteiger partial charge in [0, 0.05) is 5.56 Å². The molecule has 0 aliphatic heterocycles. The average Bonchev–Trinajstić information content (AvgIpc) is 3.14. The number of fused-ring (bicyclic) bond motifs is 1. The van der Waals surface area contributed by atoms with Gasteiger partial charge in [0.1, 0.15) is 11.7 Å². The molecule has 0 saturated heterocycles. The molecular weight excluding hydrogens is 407 g/mol. The Morgan fingerprint density at radius 2 is 1.43 bits per heavy atom. The highest BCUT2D eigenvalue weighted by Crippen LogP contribution is 2.24. The molecule has 0 radical (unpaired) electrons. The summed E-state index contributed by atoms with van der Waals surface area (Å²) in [5, 5.41) is 4.18. The van der Waals surface area contributed by atoms with Crippen LogP contribution in [0.4, 0.5) is 22.0 Å². The molecule has 10 heteroatoms. The van der Waals surface area contributed by atoms with Crippen LogP contribution in [-0.2, 0) is 6.54 Å². The van der Waals surface area contributed by atoms with Crippen LogP contribution in [0.15, 0.2) is 35.5 Å². The summed E-state index contributed by atoms with van der Waals surface area (Å²) in [7, 11) is 0. The number of halogens is 5. The van der Waals surface area contributed by atoms with Crippen LogP contribution in [0.5, 0.6) is 0 Å². The monoisotopic (exact) mass is 420 g/mol. The van der Waals surface area contributed by atoms with Crippen LogP contribution in [-0.4, -0.2) is 19.3 Å². The second-order valence-electron chi connectivity index (χ2n) is 6.87. The largest absolute Gasteiger partial charge is 0.294 e. The molecule has 30 heavy (non-hydrogen) atoms. The third-order valence-electron chi connectivity index (χ3n) is 4.63. The Hall–Kier alpha value is -3.56. The quantitative estimate of drug-likeness (QED) is 0.287. The van der Waals surface area contributed by atoms with Crippen molar-refractivity contribution in [2.24, 2.45) is 0 Å². The van der Waals surface area contributed by atoms with Crippen LogP contribution >= 0.6 is 0 Å². The zero-order valence-corrected chi connectivity index (χ0v) is 15.7. The fourth-order valence-electron chi connectivity index (χ4n) is 3.28. The van der Waals surface area contributed by atoms with Gasteiger partial charge in [-0.15, -0.1) is 0 Å². The van der Waals surface area contributed by atoms with Crippen molar-refractivity contribution in [2.75, 3.05) is 0 Å². The third kappa shape index (κ3) is 3.04. The van der Waals surface area contributed by atoms with Crippen molar-refractivity contribution in [3.8, 4) is 5.69 Å². The SMILES string of the molecule is Cc1cc(C)cc(-n2ncc3c(=O)n(Cc4c(F)c(F)c(F)c(F)c4F)cnc32)c1. The van der Waals surface area contributed by atoms with Gasteiger partial charge >= 0.3 is 0 Å². The second-order valence-corrected chi connectivity index (χ2v) is 6.87. The summed E-state index contributed by atoms with van der Waals surface area (Å²) in [6.07, 6.45) is 2.21. The van der Waals surface area contributed by atoms with Crippen molar-refractivity contribution >= 4 is 11.0 Å². The first-order chi connectivity index (χ1) is 14.2. The van der Waals surface area contributed by atoms with Crippen LogP contribution in [0.3, 0.4) is 0 Å². The Kier molecular flexibility index (Phi) is 4.64. The molecule has 0 saturated carbocycles. The van der Waals surface area contributed by atoms with E-state index in [0.29, 0.717) is 5.69 Å². The zero-order valence-electron chi connectivity index (χ0n) is 15.7. The Bertz CT molecular complexity index is 1330. The van der Waals surface area contributed by atoms with E-state index in [9.17, 15) is 26.7 Å². The smallest absolute Gasteiger partial charge is 0.264 e. The first-order valence-electron chi connectivity index (χ1n) is 8.71. The summed E-state index contributed by atoms with van der Waals surface area (Å²) in [6.45, 7) is 2.90. The van der Waals surface area contributed by atoms with E-state index < -0.39 is 46.8 Å². The first-order valence-corrected chi connectivity index (χ1v) is 8.71. The maximum Gasteiger partial charge on any atom is 0.264 e. The maximum absolute atomic E-state index is 14.0. The third-order valence-corrected chi connectivity index (χ3v) is 4.63. The van der Waals surface area contributed by atoms with Gasteiger partial charge in [-0.3, -0.25) is 9.36 Å². The average molecular weight is 420 g/mol. The Morgan fingerprint density at radius 1 is 0.867 bits per heavy atom. The molecule has 4 aromatic rings. The van der Waals surface area contributed by atoms with Gasteiger partial charge in [-0.25, -0.2) is 31.6 Å². The van der Waals surface area contributed by atoms with Crippen LogP contribution in [0.1, 0.15) is 16.7 Å². The molecule has 0 aliphatic rings. The fourth-order valence-corrected chi connectivity index (χ4v) is 3.28. The molecule has 2 heterocycles. The number of benzene rings is 2. The highest BCUT2D eigenvalue weighted by Gasteiger charge is 2.26. The standard InChI is InChI=1S/C20H13F5N4O/c1-9-3-10(2)5-11(4-9)29-19-12(6-27-29)20(30)28(8-26-19)7-13-14(21)16(23)18(25)17(24)15(13)22/h3-6,8H,7H2,1-2H3. The van der Waals surface area contributed by atoms with Gasteiger partial charge < -0.3 is 0 Å². The maximum atomic E-state index is 14.0. The van der Waals surface area contributed by atoms with Gasteiger partial charge in [0.25, 0.3) is 5.56 Å². The van der Waals surface area contributed by atoms with Crippen molar-refractivity contribution in [3.63, 3.8) is 0 Å². The van der Waals surface area contributed by atoms with E-state index in [1.165, 1.54) is 10.9 Å². The van der Waals surface area contributed by atoms with E-state index in [2.05, 4.69) is 10.1 Å². The molecule has 0 bridgehead atoms. The number of hydrogen-bond acceptors (Lipinski definition) is 3. The van der Waals surface area contributed by atoms with E-state index >= 15 is 0 Å². The fraction of sp³-hybridized carbons (Fsp3) is 0.150. The summed E-state index contributed by atoms with van der Waals surface area (Å²) in [5.41, 5.74) is 0.920. The summed E-state index contributed by atoms with van der Waals surface area (Å²) >= 11 is 0. The zero-order chi connectivity index (χ0) is 21.7. The molecule has 5 nitrogen and oxygen atoms in total. The summed E-state index contributed by atoms with van der Waals surface area (Å²) in [4.78, 5) is 16.8. The predicted molar refractivity (Wildman–Crippen MR) is 97.9 cm³/mol. The molecule has 0 N–H and O–H groups in total. The molecule has 0 unspecified atom stereocenters. The minimum atomic E-state index is -2.26. The van der Waals surface area contributed by atoms with Crippen LogP contribution < -0.4 is 5.56 Å². The highest BCUT2D eigenvalue weighted by molar-refractivity contribution is 5.75. The van der Waals surface area contributed by atoms with Gasteiger partial charge in [-0.05, 0) is 37.1 Å². The molecule has 0 atom stereocenters. The topological polar surface area (TPSA) is 52.7 Å². The van der Waals surface area contributed by atoms with E-state index in [1.807, 2.05) is 32.0 Å².